The van der Waals surface area contributed by atoms with E-state index in [9.17, 15) is 4.79 Å². The number of cyclic esters (lactones) is 1. The normalized spacial score (nSPS) is 29.5. The second-order valence-electron chi connectivity index (χ2n) is 6.89. The molecular weight excluding hydrogens is 288 g/mol. The van der Waals surface area contributed by atoms with Gasteiger partial charge in [-0.1, -0.05) is 30.4 Å². The van der Waals surface area contributed by atoms with Gasteiger partial charge in [0.05, 0.1) is 12.1 Å². The van der Waals surface area contributed by atoms with Crippen molar-refractivity contribution in [1.29, 1.82) is 0 Å². The molecule has 1 N–H and O–H groups in total. The van der Waals surface area contributed by atoms with Gasteiger partial charge < -0.3 is 9.72 Å². The van der Waals surface area contributed by atoms with E-state index < -0.39 is 0 Å². The minimum absolute atomic E-state index is 0.121. The summed E-state index contributed by atoms with van der Waals surface area (Å²) in [5.74, 6) is 0.472. The summed E-state index contributed by atoms with van der Waals surface area (Å²) in [5, 5.41) is 1.30. The van der Waals surface area contributed by atoms with Crippen LogP contribution in [0.25, 0.3) is 10.9 Å². The molecule has 4 heteroatoms. The van der Waals surface area contributed by atoms with E-state index in [4.69, 9.17) is 4.74 Å². The fraction of sp³-hybridized carbons (Fsp3) is 0.421. The number of nitrogens with one attached hydrogen (secondary N) is 1. The number of hydrogen-bond acceptors (Lipinski definition) is 2. The van der Waals surface area contributed by atoms with E-state index in [2.05, 4.69) is 41.4 Å². The first-order valence-corrected chi connectivity index (χ1v) is 8.52. The molecule has 1 amide bonds. The summed E-state index contributed by atoms with van der Waals surface area (Å²) in [4.78, 5) is 18.0. The number of H-pyrrole nitrogens is 1. The zero-order valence-electron chi connectivity index (χ0n) is 13.0. The zero-order valence-corrected chi connectivity index (χ0v) is 13.0. The average molecular weight is 308 g/mol. The summed E-state index contributed by atoms with van der Waals surface area (Å²) in [6.07, 6.45) is 8.54. The molecule has 3 atom stereocenters. The van der Waals surface area contributed by atoms with Crippen molar-refractivity contribution >= 4 is 17.0 Å². The van der Waals surface area contributed by atoms with Crippen molar-refractivity contribution in [2.75, 3.05) is 6.61 Å². The lowest BCUT2D eigenvalue weighted by atomic mass is 9.80. The third-order valence-electron chi connectivity index (χ3n) is 5.64. The molecule has 0 spiro atoms. The summed E-state index contributed by atoms with van der Waals surface area (Å²) >= 11 is 0. The van der Waals surface area contributed by atoms with Crippen LogP contribution in [0.3, 0.4) is 0 Å². The Labute approximate surface area is 135 Å². The number of amides is 1. The van der Waals surface area contributed by atoms with Gasteiger partial charge in [0.1, 0.15) is 6.61 Å². The molecule has 2 aromatic rings. The van der Waals surface area contributed by atoms with Gasteiger partial charge in [0.2, 0.25) is 0 Å². The van der Waals surface area contributed by atoms with Crippen molar-refractivity contribution in [1.82, 2.24) is 9.88 Å². The molecule has 1 aliphatic carbocycles. The predicted molar refractivity (Wildman–Crippen MR) is 88.2 cm³/mol. The molecule has 1 fully saturated rings. The average Bonchev–Trinajstić information content (AvgIpc) is 3.15. The number of ether oxygens (including phenoxy) is 1. The third kappa shape index (κ3) is 1.87. The Morgan fingerprint density at radius 2 is 2.13 bits per heavy atom. The molecule has 0 radical (unpaired) electrons. The van der Waals surface area contributed by atoms with Gasteiger partial charge in [0.25, 0.3) is 0 Å². The number of benzene rings is 1. The smallest absolute Gasteiger partial charge is 0.410 e. The highest BCUT2D eigenvalue weighted by molar-refractivity contribution is 5.86. The van der Waals surface area contributed by atoms with Crippen LogP contribution in [0.2, 0.25) is 0 Å². The molecule has 0 bridgehead atoms. The first-order valence-electron chi connectivity index (χ1n) is 8.52. The molecule has 3 heterocycles. The van der Waals surface area contributed by atoms with E-state index in [1.807, 2.05) is 4.90 Å². The van der Waals surface area contributed by atoms with Crippen molar-refractivity contribution in [2.24, 2.45) is 5.92 Å². The SMILES string of the molecule is O=C1OCC2Cc3c([nH]c4ccccc34)C(C3CC=CCC3)N12. The van der Waals surface area contributed by atoms with Crippen molar-refractivity contribution in [3.05, 3.63) is 47.7 Å². The van der Waals surface area contributed by atoms with Gasteiger partial charge in [-0.05, 0) is 43.2 Å². The Balaban J connectivity index is 1.69. The van der Waals surface area contributed by atoms with E-state index in [0.29, 0.717) is 12.5 Å². The molecule has 4 nitrogen and oxygen atoms in total. The summed E-state index contributed by atoms with van der Waals surface area (Å²) < 4.78 is 5.39. The topological polar surface area (TPSA) is 45.3 Å². The number of carbonyl (C=O) groups is 1. The van der Waals surface area contributed by atoms with Crippen molar-refractivity contribution in [2.45, 2.75) is 37.8 Å². The van der Waals surface area contributed by atoms with E-state index in [1.54, 1.807) is 0 Å². The number of fused-ring (bicyclic) bond motifs is 4. The molecule has 23 heavy (non-hydrogen) atoms. The predicted octanol–water partition coefficient (Wildman–Crippen LogP) is 3.94. The largest absolute Gasteiger partial charge is 0.447 e. The van der Waals surface area contributed by atoms with Gasteiger partial charge in [0, 0.05) is 16.6 Å². The van der Waals surface area contributed by atoms with Crippen LogP contribution in [0.15, 0.2) is 36.4 Å². The number of rotatable bonds is 1. The molecule has 0 saturated carbocycles. The maximum Gasteiger partial charge on any atom is 0.410 e. The second kappa shape index (κ2) is 4.88. The lowest BCUT2D eigenvalue weighted by Crippen LogP contribution is -2.45. The first kappa shape index (κ1) is 13.2. The van der Waals surface area contributed by atoms with Crippen LogP contribution in [0, 0.1) is 5.92 Å². The zero-order chi connectivity index (χ0) is 15.4. The Bertz CT molecular complexity index is 807. The van der Waals surface area contributed by atoms with Crippen LogP contribution in [0.1, 0.15) is 36.6 Å². The third-order valence-corrected chi connectivity index (χ3v) is 5.64. The van der Waals surface area contributed by atoms with Gasteiger partial charge in [-0.15, -0.1) is 0 Å². The van der Waals surface area contributed by atoms with E-state index >= 15 is 0 Å². The molecular formula is C19H20N2O2. The Morgan fingerprint density at radius 3 is 3.00 bits per heavy atom. The number of hydrogen-bond donors (Lipinski definition) is 1. The number of carbonyl (C=O) groups excluding carboxylic acids is 1. The Hall–Kier alpha value is -2.23. The van der Waals surface area contributed by atoms with E-state index in [1.165, 1.54) is 22.2 Å². The minimum atomic E-state index is -0.140. The lowest BCUT2D eigenvalue weighted by molar-refractivity contribution is 0.113. The van der Waals surface area contributed by atoms with Crippen molar-refractivity contribution in [3.8, 4) is 0 Å². The number of aromatic nitrogens is 1. The Morgan fingerprint density at radius 1 is 1.22 bits per heavy atom. The van der Waals surface area contributed by atoms with E-state index in [-0.39, 0.29) is 18.2 Å². The molecule has 2 aliphatic heterocycles. The summed E-state index contributed by atoms with van der Waals surface area (Å²) in [6.45, 7) is 0.525. The molecule has 1 aromatic carbocycles. The van der Waals surface area contributed by atoms with Gasteiger partial charge in [0.15, 0.2) is 0 Å². The number of nitrogens with zero attached hydrogens (tertiary/aromatic N) is 1. The minimum Gasteiger partial charge on any atom is -0.447 e. The summed E-state index contributed by atoms with van der Waals surface area (Å²) in [6, 6.07) is 8.79. The Kier molecular flexibility index (Phi) is 2.81. The van der Waals surface area contributed by atoms with E-state index in [0.717, 1.165) is 25.7 Å². The molecule has 1 saturated heterocycles. The maximum absolute atomic E-state index is 12.4. The first-order chi connectivity index (χ1) is 11.3. The van der Waals surface area contributed by atoms with Crippen LogP contribution >= 0.6 is 0 Å². The highest BCUT2D eigenvalue weighted by atomic mass is 16.6. The molecule has 3 unspecified atom stereocenters. The van der Waals surface area contributed by atoms with Gasteiger partial charge in [-0.2, -0.15) is 0 Å². The van der Waals surface area contributed by atoms with Crippen LogP contribution in [0.4, 0.5) is 4.79 Å². The monoisotopic (exact) mass is 308 g/mol. The highest BCUT2D eigenvalue weighted by Crippen LogP contribution is 2.46. The van der Waals surface area contributed by atoms with Crippen LogP contribution in [0.5, 0.6) is 0 Å². The quantitative estimate of drug-likeness (QED) is 0.811. The van der Waals surface area contributed by atoms with Gasteiger partial charge >= 0.3 is 6.09 Å². The second-order valence-corrected chi connectivity index (χ2v) is 6.89. The number of aromatic amines is 1. The molecule has 3 aliphatic rings. The van der Waals surface area contributed by atoms with Crippen LogP contribution < -0.4 is 0 Å². The summed E-state index contributed by atoms with van der Waals surface area (Å²) in [7, 11) is 0. The molecule has 5 rings (SSSR count). The number of para-hydroxylation sites is 1. The number of allylic oxidation sites excluding steroid dienone is 2. The molecule has 118 valence electrons. The van der Waals surface area contributed by atoms with Gasteiger partial charge in [-0.25, -0.2) is 4.79 Å². The fourth-order valence-electron chi connectivity index (χ4n) is 4.60. The molecule has 1 aromatic heterocycles. The fourth-order valence-corrected chi connectivity index (χ4v) is 4.60. The van der Waals surface area contributed by atoms with Crippen LogP contribution in [-0.4, -0.2) is 28.6 Å². The van der Waals surface area contributed by atoms with Crippen molar-refractivity contribution < 1.29 is 9.53 Å². The highest BCUT2D eigenvalue weighted by Gasteiger charge is 2.47. The standard InChI is InChI=1S/C19H20N2O2/c22-19-21-13(11-23-19)10-15-14-8-4-5-9-16(14)20-17(15)18(21)12-6-2-1-3-7-12/h1-2,4-5,8-9,12-13,18,20H,3,6-7,10-11H2. The maximum atomic E-state index is 12.4. The lowest BCUT2D eigenvalue weighted by Gasteiger charge is -2.40. The summed E-state index contributed by atoms with van der Waals surface area (Å²) in [5.41, 5.74) is 3.81. The van der Waals surface area contributed by atoms with Gasteiger partial charge in [-0.3, -0.25) is 4.90 Å². The van der Waals surface area contributed by atoms with Crippen LogP contribution in [-0.2, 0) is 11.2 Å². The van der Waals surface area contributed by atoms with Crippen molar-refractivity contribution in [3.63, 3.8) is 0 Å².